The van der Waals surface area contributed by atoms with Crippen molar-refractivity contribution in [3.8, 4) is 0 Å². The van der Waals surface area contributed by atoms with Gasteiger partial charge < -0.3 is 4.74 Å². The highest BCUT2D eigenvalue weighted by Crippen LogP contribution is 2.30. The van der Waals surface area contributed by atoms with Crippen molar-refractivity contribution in [3.05, 3.63) is 47.2 Å². The SMILES string of the molecule is COC1=CC=CCC1c1cc(Cl)ncn1. The second-order valence-electron chi connectivity index (χ2n) is 3.26. The highest BCUT2D eigenvalue weighted by molar-refractivity contribution is 6.29. The molecule has 78 valence electrons. The van der Waals surface area contributed by atoms with Gasteiger partial charge in [-0.3, -0.25) is 0 Å². The molecule has 1 atom stereocenters. The molecule has 0 bridgehead atoms. The summed E-state index contributed by atoms with van der Waals surface area (Å²) >= 11 is 5.83. The zero-order valence-electron chi connectivity index (χ0n) is 8.35. The topological polar surface area (TPSA) is 35.0 Å². The van der Waals surface area contributed by atoms with Gasteiger partial charge in [-0.25, -0.2) is 9.97 Å². The summed E-state index contributed by atoms with van der Waals surface area (Å²) in [7, 11) is 1.67. The summed E-state index contributed by atoms with van der Waals surface area (Å²) in [6.07, 6.45) is 8.38. The van der Waals surface area contributed by atoms with Crippen molar-refractivity contribution in [3.63, 3.8) is 0 Å². The third-order valence-electron chi connectivity index (χ3n) is 2.36. The Morgan fingerprint density at radius 1 is 1.47 bits per heavy atom. The lowest BCUT2D eigenvalue weighted by atomic mass is 9.95. The van der Waals surface area contributed by atoms with Crippen LogP contribution in [0.5, 0.6) is 0 Å². The van der Waals surface area contributed by atoms with Crippen LogP contribution in [0.15, 0.2) is 36.4 Å². The Morgan fingerprint density at radius 2 is 2.33 bits per heavy atom. The van der Waals surface area contributed by atoms with E-state index in [1.807, 2.05) is 12.2 Å². The second-order valence-corrected chi connectivity index (χ2v) is 3.64. The molecule has 0 saturated heterocycles. The maximum absolute atomic E-state index is 5.83. The first-order valence-electron chi connectivity index (χ1n) is 4.69. The summed E-state index contributed by atoms with van der Waals surface area (Å²) in [5, 5.41) is 0.463. The van der Waals surface area contributed by atoms with E-state index in [1.54, 1.807) is 13.2 Å². The molecular formula is C11H11ClN2O. The number of allylic oxidation sites excluding steroid dienone is 4. The molecule has 0 aromatic carbocycles. The summed E-state index contributed by atoms with van der Waals surface area (Å²) in [4.78, 5) is 8.07. The lowest BCUT2D eigenvalue weighted by molar-refractivity contribution is 0.261. The van der Waals surface area contributed by atoms with Gasteiger partial charge in [0.2, 0.25) is 0 Å². The van der Waals surface area contributed by atoms with E-state index in [1.165, 1.54) is 6.33 Å². The van der Waals surface area contributed by atoms with E-state index >= 15 is 0 Å². The van der Waals surface area contributed by atoms with Crippen LogP contribution >= 0.6 is 11.6 Å². The van der Waals surface area contributed by atoms with Gasteiger partial charge in [0.1, 0.15) is 17.2 Å². The molecule has 1 aromatic rings. The number of hydrogen-bond donors (Lipinski definition) is 0. The van der Waals surface area contributed by atoms with Crippen LogP contribution in [0.3, 0.4) is 0 Å². The van der Waals surface area contributed by atoms with Crippen LogP contribution in [0.4, 0.5) is 0 Å². The molecule has 2 rings (SSSR count). The van der Waals surface area contributed by atoms with Crippen LogP contribution in [0.2, 0.25) is 5.15 Å². The molecule has 0 fully saturated rings. The third kappa shape index (κ3) is 2.18. The second kappa shape index (κ2) is 4.45. The lowest BCUT2D eigenvalue weighted by Gasteiger charge is -2.19. The van der Waals surface area contributed by atoms with Crippen molar-refractivity contribution in [2.75, 3.05) is 7.11 Å². The predicted molar refractivity (Wildman–Crippen MR) is 58.6 cm³/mol. The zero-order chi connectivity index (χ0) is 10.7. The zero-order valence-corrected chi connectivity index (χ0v) is 9.11. The molecule has 1 heterocycles. The normalized spacial score (nSPS) is 19.9. The fraction of sp³-hybridized carbons (Fsp3) is 0.273. The number of aromatic nitrogens is 2. The van der Waals surface area contributed by atoms with Gasteiger partial charge in [0, 0.05) is 0 Å². The van der Waals surface area contributed by atoms with E-state index in [0.29, 0.717) is 5.15 Å². The lowest BCUT2D eigenvalue weighted by Crippen LogP contribution is -2.08. The van der Waals surface area contributed by atoms with Crippen LogP contribution in [0, 0.1) is 0 Å². The van der Waals surface area contributed by atoms with E-state index in [9.17, 15) is 0 Å². The van der Waals surface area contributed by atoms with Crippen LogP contribution in [-0.2, 0) is 4.74 Å². The summed E-state index contributed by atoms with van der Waals surface area (Å²) in [6.45, 7) is 0. The molecule has 4 heteroatoms. The Balaban J connectivity index is 2.31. The molecule has 1 unspecified atom stereocenters. The van der Waals surface area contributed by atoms with Crippen molar-refractivity contribution >= 4 is 11.6 Å². The van der Waals surface area contributed by atoms with Gasteiger partial charge in [-0.05, 0) is 18.6 Å². The first kappa shape index (κ1) is 10.2. The fourth-order valence-corrected chi connectivity index (χ4v) is 1.78. The van der Waals surface area contributed by atoms with E-state index in [2.05, 4.69) is 16.0 Å². The standard InChI is InChI=1S/C11H11ClN2O/c1-15-10-5-3-2-4-8(10)9-6-11(12)14-7-13-9/h2-3,5-8H,4H2,1H3. The third-order valence-corrected chi connectivity index (χ3v) is 2.57. The summed E-state index contributed by atoms with van der Waals surface area (Å²) in [5.41, 5.74) is 0.896. The monoisotopic (exact) mass is 222 g/mol. The molecule has 0 radical (unpaired) electrons. The molecule has 1 aromatic heterocycles. The minimum atomic E-state index is 0.153. The molecule has 0 spiro atoms. The highest BCUT2D eigenvalue weighted by Gasteiger charge is 2.19. The average Bonchev–Trinajstić information content (AvgIpc) is 2.29. The van der Waals surface area contributed by atoms with Gasteiger partial charge >= 0.3 is 0 Å². The van der Waals surface area contributed by atoms with Crippen molar-refractivity contribution in [1.29, 1.82) is 0 Å². The van der Waals surface area contributed by atoms with Gasteiger partial charge in [0.05, 0.1) is 18.7 Å². The Labute approximate surface area is 93.5 Å². The van der Waals surface area contributed by atoms with Crippen molar-refractivity contribution in [2.45, 2.75) is 12.3 Å². The average molecular weight is 223 g/mol. The molecule has 3 nitrogen and oxygen atoms in total. The van der Waals surface area contributed by atoms with E-state index in [-0.39, 0.29) is 5.92 Å². The number of methoxy groups -OCH3 is 1. The fourth-order valence-electron chi connectivity index (χ4n) is 1.62. The Bertz CT molecular complexity index is 415. The number of hydrogen-bond acceptors (Lipinski definition) is 3. The summed E-state index contributed by atoms with van der Waals surface area (Å²) < 4.78 is 5.30. The maximum atomic E-state index is 5.83. The van der Waals surface area contributed by atoms with E-state index in [4.69, 9.17) is 16.3 Å². The molecule has 0 amide bonds. The molecule has 1 aliphatic rings. The van der Waals surface area contributed by atoms with Gasteiger partial charge in [0.15, 0.2) is 0 Å². The summed E-state index contributed by atoms with van der Waals surface area (Å²) in [5.74, 6) is 1.06. The molecule has 0 aliphatic heterocycles. The van der Waals surface area contributed by atoms with Crippen molar-refractivity contribution < 1.29 is 4.74 Å². The maximum Gasteiger partial charge on any atom is 0.132 e. The van der Waals surface area contributed by atoms with Gasteiger partial charge in [-0.2, -0.15) is 0 Å². The largest absolute Gasteiger partial charge is 0.500 e. The predicted octanol–water partition coefficient (Wildman–Crippen LogP) is 2.70. The first-order chi connectivity index (χ1) is 7.31. The molecule has 0 N–H and O–H groups in total. The van der Waals surface area contributed by atoms with Crippen LogP contribution < -0.4 is 0 Å². The van der Waals surface area contributed by atoms with Crippen LogP contribution in [0.25, 0.3) is 0 Å². The Kier molecular flexibility index (Phi) is 3.02. The number of rotatable bonds is 2. The van der Waals surface area contributed by atoms with E-state index < -0.39 is 0 Å². The number of nitrogens with zero attached hydrogens (tertiary/aromatic N) is 2. The van der Waals surface area contributed by atoms with Crippen molar-refractivity contribution in [1.82, 2.24) is 9.97 Å². The Morgan fingerprint density at radius 3 is 3.07 bits per heavy atom. The minimum absolute atomic E-state index is 0.153. The van der Waals surface area contributed by atoms with E-state index in [0.717, 1.165) is 17.9 Å². The summed E-state index contributed by atoms with van der Waals surface area (Å²) in [6, 6.07) is 1.78. The molecule has 15 heavy (non-hydrogen) atoms. The highest BCUT2D eigenvalue weighted by atomic mass is 35.5. The van der Waals surface area contributed by atoms with Crippen LogP contribution in [0.1, 0.15) is 18.0 Å². The van der Waals surface area contributed by atoms with Gasteiger partial charge in [-0.15, -0.1) is 0 Å². The van der Waals surface area contributed by atoms with Gasteiger partial charge in [0.25, 0.3) is 0 Å². The van der Waals surface area contributed by atoms with Crippen molar-refractivity contribution in [2.24, 2.45) is 0 Å². The van der Waals surface area contributed by atoms with Gasteiger partial charge in [-0.1, -0.05) is 23.8 Å². The minimum Gasteiger partial charge on any atom is -0.500 e. The number of ether oxygens (including phenoxy) is 1. The van der Waals surface area contributed by atoms with Crippen LogP contribution in [-0.4, -0.2) is 17.1 Å². The smallest absolute Gasteiger partial charge is 0.132 e. The molecule has 0 saturated carbocycles. The molecular weight excluding hydrogens is 212 g/mol. The number of halogens is 1. The quantitative estimate of drug-likeness (QED) is 0.722. The Hall–Kier alpha value is -1.35. The molecule has 1 aliphatic carbocycles. The first-order valence-corrected chi connectivity index (χ1v) is 5.07.